The van der Waals surface area contributed by atoms with E-state index in [-0.39, 0.29) is 42.7 Å². The monoisotopic (exact) mass is 828 g/mol. The van der Waals surface area contributed by atoms with Gasteiger partial charge in [0, 0.05) is 19.3 Å². The lowest BCUT2D eigenvalue weighted by molar-refractivity contribution is -0.889. The van der Waals surface area contributed by atoms with Crippen LogP contribution in [0.2, 0.25) is 0 Å². The predicted molar refractivity (Wildman–Crippen MR) is 245 cm³/mol. The molecule has 0 amide bonds. The van der Waals surface area contributed by atoms with Crippen molar-refractivity contribution < 1.29 is 38.2 Å². The fraction of sp³-hybridized carbons (Fsp3) is 0.745. The standard InChI is InChI=1S/C51H89NO7/c1-6-8-10-12-14-16-18-20-22-23-24-25-26-28-29-31-33-35-37-39-41-49(53)58-46-47(45-57-44-43-48(51(55)56)52(3,4)5)59-50(54)42-40-38-36-34-32-30-27-21-19-17-15-13-11-9-7-2/h9,11,13,15-20,22,47-48H,6-8,10,12,14,21,23-46H2,1-5H3/b11-9+,15-13+,18-16+,19-17+,22-20+. The Kier molecular flexibility index (Phi) is 39.6. The number of likely N-dealkylation sites (N-methyl/N-ethyl adjacent to an activating group) is 1. The Balaban J connectivity index is 4.29. The van der Waals surface area contributed by atoms with E-state index >= 15 is 0 Å². The summed E-state index contributed by atoms with van der Waals surface area (Å²) in [6.45, 7) is 4.50. The molecule has 0 aromatic heterocycles. The maximum Gasteiger partial charge on any atom is 0.306 e. The molecule has 0 aromatic rings. The lowest BCUT2D eigenvalue weighted by atomic mass is 10.1. The van der Waals surface area contributed by atoms with Crippen LogP contribution in [0.3, 0.4) is 0 Å². The molecular formula is C51H89NO7. The molecule has 0 heterocycles. The van der Waals surface area contributed by atoms with Crippen molar-refractivity contribution in [3.05, 3.63) is 60.8 Å². The first-order chi connectivity index (χ1) is 28.6. The fourth-order valence-electron chi connectivity index (χ4n) is 6.77. The van der Waals surface area contributed by atoms with Gasteiger partial charge in [0.2, 0.25) is 0 Å². The van der Waals surface area contributed by atoms with E-state index in [0.29, 0.717) is 12.8 Å². The Labute approximate surface area is 362 Å². The molecule has 59 heavy (non-hydrogen) atoms. The molecule has 340 valence electrons. The first-order valence-electron chi connectivity index (χ1n) is 23.9. The SMILES string of the molecule is CC/C=C/C=C/C=C/CCCCCCCCCC(=O)OC(COCCC(C(=O)[O-])[N+](C)(C)C)COC(=O)CCCCCCCCCCCC/C=C/C=C/CCCCCC. The van der Waals surface area contributed by atoms with Crippen LogP contribution < -0.4 is 5.11 Å². The summed E-state index contributed by atoms with van der Waals surface area (Å²) in [6, 6.07) is -0.730. The third-order valence-electron chi connectivity index (χ3n) is 10.5. The van der Waals surface area contributed by atoms with Gasteiger partial charge in [-0.15, -0.1) is 0 Å². The quantitative estimate of drug-likeness (QED) is 0.0261. The van der Waals surface area contributed by atoms with E-state index < -0.39 is 18.1 Å². The third kappa shape index (κ3) is 40.2. The third-order valence-corrected chi connectivity index (χ3v) is 10.5. The van der Waals surface area contributed by atoms with Crippen molar-refractivity contribution >= 4 is 17.9 Å². The van der Waals surface area contributed by atoms with Gasteiger partial charge in [0.15, 0.2) is 6.10 Å². The maximum atomic E-state index is 12.7. The molecule has 2 atom stereocenters. The molecular weight excluding hydrogens is 739 g/mol. The van der Waals surface area contributed by atoms with Crippen molar-refractivity contribution in [2.24, 2.45) is 0 Å². The van der Waals surface area contributed by atoms with Crippen LogP contribution in [0.15, 0.2) is 60.8 Å². The molecule has 0 rings (SSSR count). The Bertz CT molecular complexity index is 1150. The summed E-state index contributed by atoms with van der Waals surface area (Å²) in [5.74, 6) is -1.76. The molecule has 0 bridgehead atoms. The van der Waals surface area contributed by atoms with E-state index in [9.17, 15) is 19.5 Å². The minimum atomic E-state index is -1.13. The molecule has 0 saturated carbocycles. The molecule has 0 saturated heterocycles. The topological polar surface area (TPSA) is 102 Å². The van der Waals surface area contributed by atoms with Crippen LogP contribution in [0.5, 0.6) is 0 Å². The minimum absolute atomic E-state index is 0.0330. The fourth-order valence-corrected chi connectivity index (χ4v) is 6.77. The average Bonchev–Trinajstić information content (AvgIpc) is 3.19. The number of carboxylic acid groups (broad SMARTS) is 1. The number of aliphatic carboxylic acids is 1. The van der Waals surface area contributed by atoms with Crippen molar-refractivity contribution in [1.82, 2.24) is 0 Å². The number of carboxylic acids is 1. The highest BCUT2D eigenvalue weighted by molar-refractivity contribution is 5.70. The van der Waals surface area contributed by atoms with Gasteiger partial charge in [0.25, 0.3) is 0 Å². The number of hydrogen-bond donors (Lipinski definition) is 0. The molecule has 0 fully saturated rings. The summed E-state index contributed by atoms with van der Waals surface area (Å²) in [5.41, 5.74) is 0. The largest absolute Gasteiger partial charge is 0.544 e. The highest BCUT2D eigenvalue weighted by Crippen LogP contribution is 2.15. The summed E-state index contributed by atoms with van der Waals surface area (Å²) >= 11 is 0. The van der Waals surface area contributed by atoms with E-state index in [2.05, 4.69) is 74.6 Å². The summed E-state index contributed by atoms with van der Waals surface area (Å²) < 4.78 is 17.2. The summed E-state index contributed by atoms with van der Waals surface area (Å²) in [5, 5.41) is 11.6. The molecule has 8 nitrogen and oxygen atoms in total. The Morgan fingerprint density at radius 2 is 0.949 bits per heavy atom. The number of esters is 2. The Morgan fingerprint density at radius 1 is 0.525 bits per heavy atom. The minimum Gasteiger partial charge on any atom is -0.544 e. The number of unbranched alkanes of at least 4 members (excludes halogenated alkanes) is 21. The van der Waals surface area contributed by atoms with Crippen LogP contribution in [0, 0.1) is 0 Å². The van der Waals surface area contributed by atoms with E-state index in [1.54, 1.807) is 21.1 Å². The average molecular weight is 828 g/mol. The van der Waals surface area contributed by atoms with Gasteiger partial charge in [-0.05, 0) is 57.8 Å². The predicted octanol–water partition coefficient (Wildman–Crippen LogP) is 12.0. The number of carbonyl (C=O) groups excluding carboxylic acids is 3. The zero-order valence-corrected chi connectivity index (χ0v) is 38.7. The lowest BCUT2D eigenvalue weighted by Crippen LogP contribution is -2.55. The molecule has 0 aliphatic carbocycles. The van der Waals surface area contributed by atoms with Crippen molar-refractivity contribution in [2.75, 3.05) is 41.0 Å². The zero-order valence-electron chi connectivity index (χ0n) is 38.7. The van der Waals surface area contributed by atoms with Crippen molar-refractivity contribution in [3.8, 4) is 0 Å². The number of ether oxygens (including phenoxy) is 3. The van der Waals surface area contributed by atoms with Crippen LogP contribution in [-0.2, 0) is 28.6 Å². The Morgan fingerprint density at radius 3 is 1.41 bits per heavy atom. The first kappa shape index (κ1) is 56.0. The normalized spacial score (nSPS) is 13.4. The molecule has 0 spiro atoms. The molecule has 0 aromatic carbocycles. The van der Waals surface area contributed by atoms with Crippen molar-refractivity contribution in [2.45, 2.75) is 206 Å². The van der Waals surface area contributed by atoms with E-state index in [1.165, 1.54) is 103 Å². The van der Waals surface area contributed by atoms with E-state index in [4.69, 9.17) is 14.2 Å². The summed E-state index contributed by atoms with van der Waals surface area (Å²) in [6.07, 6.45) is 51.0. The van der Waals surface area contributed by atoms with Crippen LogP contribution >= 0.6 is 0 Å². The lowest BCUT2D eigenvalue weighted by Gasteiger charge is -2.34. The summed E-state index contributed by atoms with van der Waals surface area (Å²) in [7, 11) is 5.40. The van der Waals surface area contributed by atoms with Gasteiger partial charge < -0.3 is 28.6 Å². The van der Waals surface area contributed by atoms with Crippen molar-refractivity contribution in [1.29, 1.82) is 0 Å². The molecule has 0 N–H and O–H groups in total. The molecule has 8 heteroatoms. The van der Waals surface area contributed by atoms with Gasteiger partial charge in [-0.3, -0.25) is 9.59 Å². The molecule has 2 unspecified atom stereocenters. The number of quaternary nitrogens is 1. The van der Waals surface area contributed by atoms with E-state index in [0.717, 1.165) is 57.8 Å². The van der Waals surface area contributed by atoms with Gasteiger partial charge >= 0.3 is 11.9 Å². The number of rotatable bonds is 42. The second-order valence-corrected chi connectivity index (χ2v) is 17.1. The zero-order chi connectivity index (χ0) is 43.5. The highest BCUT2D eigenvalue weighted by atomic mass is 16.6. The molecule has 0 aliphatic heterocycles. The van der Waals surface area contributed by atoms with Gasteiger partial charge in [-0.25, -0.2) is 0 Å². The van der Waals surface area contributed by atoms with Gasteiger partial charge in [-0.1, -0.05) is 177 Å². The Hall–Kier alpha value is -2.97. The van der Waals surface area contributed by atoms with Gasteiger partial charge in [-0.2, -0.15) is 0 Å². The van der Waals surface area contributed by atoms with Crippen molar-refractivity contribution in [3.63, 3.8) is 0 Å². The number of allylic oxidation sites excluding steroid dienone is 10. The van der Waals surface area contributed by atoms with Gasteiger partial charge in [0.1, 0.15) is 12.6 Å². The number of carbonyl (C=O) groups is 3. The second kappa shape index (κ2) is 41.8. The number of hydrogen-bond acceptors (Lipinski definition) is 7. The molecule has 0 radical (unpaired) electrons. The summed E-state index contributed by atoms with van der Waals surface area (Å²) in [4.78, 5) is 36.9. The smallest absolute Gasteiger partial charge is 0.306 e. The molecule has 0 aliphatic rings. The second-order valence-electron chi connectivity index (χ2n) is 17.1. The maximum absolute atomic E-state index is 12.7. The van der Waals surface area contributed by atoms with E-state index in [1.807, 2.05) is 0 Å². The highest BCUT2D eigenvalue weighted by Gasteiger charge is 2.25. The van der Waals surface area contributed by atoms with Crippen LogP contribution in [0.4, 0.5) is 0 Å². The van der Waals surface area contributed by atoms with Gasteiger partial charge in [0.05, 0.1) is 40.3 Å². The van der Waals surface area contributed by atoms with Crippen LogP contribution in [0.1, 0.15) is 194 Å². The first-order valence-corrected chi connectivity index (χ1v) is 23.9. The van der Waals surface area contributed by atoms with Crippen LogP contribution in [-0.4, -0.2) is 75.5 Å². The van der Waals surface area contributed by atoms with Crippen LogP contribution in [0.25, 0.3) is 0 Å². The number of nitrogens with zero attached hydrogens (tertiary/aromatic N) is 1.